The standard InChI is InChI=1S/C16H19N3O5/c1-4-24-16(21)18-10-12(3)11(2)9-17(18)15(20)13-6-5-7-14(8-13)19(22)23/h5-8H,4,9-10H2,1-3H3. The van der Waals surface area contributed by atoms with E-state index in [9.17, 15) is 19.7 Å². The summed E-state index contributed by atoms with van der Waals surface area (Å²) in [7, 11) is 0. The number of nitro benzene ring substituents is 1. The quantitative estimate of drug-likeness (QED) is 0.482. The third-order valence-electron chi connectivity index (χ3n) is 3.81. The fourth-order valence-corrected chi connectivity index (χ4v) is 2.33. The van der Waals surface area contributed by atoms with E-state index in [1.807, 2.05) is 13.8 Å². The van der Waals surface area contributed by atoms with Gasteiger partial charge in [-0.2, -0.15) is 0 Å². The number of non-ortho nitro benzene ring substituents is 1. The molecule has 0 fully saturated rings. The summed E-state index contributed by atoms with van der Waals surface area (Å²) in [6.45, 7) is 6.11. The zero-order chi connectivity index (χ0) is 17.9. The second kappa shape index (κ2) is 7.12. The molecule has 1 aromatic rings. The van der Waals surface area contributed by atoms with E-state index >= 15 is 0 Å². The number of nitrogens with zero attached hydrogens (tertiary/aromatic N) is 3. The average molecular weight is 333 g/mol. The number of carbonyl (C=O) groups is 2. The van der Waals surface area contributed by atoms with Crippen LogP contribution < -0.4 is 0 Å². The summed E-state index contributed by atoms with van der Waals surface area (Å²) >= 11 is 0. The van der Waals surface area contributed by atoms with Crippen LogP contribution in [0.4, 0.5) is 10.5 Å². The number of ether oxygens (including phenoxy) is 1. The van der Waals surface area contributed by atoms with Crippen LogP contribution in [0.5, 0.6) is 0 Å². The van der Waals surface area contributed by atoms with E-state index in [0.717, 1.165) is 11.1 Å². The fraction of sp³-hybridized carbons (Fsp3) is 0.375. The lowest BCUT2D eigenvalue weighted by molar-refractivity contribution is -0.384. The first-order chi connectivity index (χ1) is 11.3. The summed E-state index contributed by atoms with van der Waals surface area (Å²) in [4.78, 5) is 35.3. The lowest BCUT2D eigenvalue weighted by atomic mass is 10.1. The van der Waals surface area contributed by atoms with Gasteiger partial charge in [0.25, 0.3) is 11.6 Å². The van der Waals surface area contributed by atoms with Crippen molar-refractivity contribution in [2.75, 3.05) is 19.7 Å². The van der Waals surface area contributed by atoms with Crippen LogP contribution in [0.15, 0.2) is 35.4 Å². The number of rotatable bonds is 3. The topological polar surface area (TPSA) is 93.0 Å². The first kappa shape index (κ1) is 17.5. The van der Waals surface area contributed by atoms with Crippen molar-refractivity contribution < 1.29 is 19.2 Å². The zero-order valence-corrected chi connectivity index (χ0v) is 13.8. The number of hydrogen-bond acceptors (Lipinski definition) is 5. The highest BCUT2D eigenvalue weighted by Gasteiger charge is 2.32. The van der Waals surface area contributed by atoms with Gasteiger partial charge in [-0.1, -0.05) is 17.2 Å². The predicted octanol–water partition coefficient (Wildman–Crippen LogP) is 2.76. The van der Waals surface area contributed by atoms with Gasteiger partial charge < -0.3 is 4.74 Å². The molecular weight excluding hydrogens is 314 g/mol. The van der Waals surface area contributed by atoms with Crippen LogP contribution >= 0.6 is 0 Å². The summed E-state index contributed by atoms with van der Waals surface area (Å²) in [6, 6.07) is 5.44. The molecule has 1 aliphatic heterocycles. The number of hydrogen-bond donors (Lipinski definition) is 0. The molecule has 0 N–H and O–H groups in total. The Morgan fingerprint density at radius 2 is 1.83 bits per heavy atom. The van der Waals surface area contributed by atoms with Crippen LogP contribution in [0.1, 0.15) is 31.1 Å². The van der Waals surface area contributed by atoms with Crippen molar-refractivity contribution in [3.8, 4) is 0 Å². The molecule has 2 amide bonds. The van der Waals surface area contributed by atoms with E-state index < -0.39 is 16.9 Å². The minimum absolute atomic E-state index is 0.144. The number of carbonyl (C=O) groups excluding carboxylic acids is 2. The molecule has 0 saturated heterocycles. The van der Waals surface area contributed by atoms with Crippen molar-refractivity contribution in [1.82, 2.24) is 10.0 Å². The maximum Gasteiger partial charge on any atom is 0.429 e. The second-order valence-corrected chi connectivity index (χ2v) is 5.49. The minimum Gasteiger partial charge on any atom is -0.448 e. The van der Waals surface area contributed by atoms with Crippen LogP contribution in [-0.2, 0) is 4.74 Å². The third-order valence-corrected chi connectivity index (χ3v) is 3.81. The Balaban J connectivity index is 2.35. The molecule has 0 radical (unpaired) electrons. The SMILES string of the molecule is CCOC(=O)N1CC(C)=C(C)CN1C(=O)c1cccc([N+](=O)[O-])c1. The van der Waals surface area contributed by atoms with Gasteiger partial charge in [0, 0.05) is 17.7 Å². The van der Waals surface area contributed by atoms with Crippen molar-refractivity contribution in [2.45, 2.75) is 20.8 Å². The molecule has 24 heavy (non-hydrogen) atoms. The van der Waals surface area contributed by atoms with E-state index in [1.54, 1.807) is 6.92 Å². The molecule has 128 valence electrons. The van der Waals surface area contributed by atoms with Crippen molar-refractivity contribution >= 4 is 17.7 Å². The fourth-order valence-electron chi connectivity index (χ4n) is 2.33. The van der Waals surface area contributed by atoms with Gasteiger partial charge in [-0.3, -0.25) is 14.9 Å². The number of nitro groups is 1. The summed E-state index contributed by atoms with van der Waals surface area (Å²) < 4.78 is 5.01. The third kappa shape index (κ3) is 3.53. The number of hydrazine groups is 1. The Bertz CT molecular complexity index is 713. The summed E-state index contributed by atoms with van der Waals surface area (Å²) in [5.41, 5.74) is 1.91. The molecule has 8 heteroatoms. The molecule has 0 bridgehead atoms. The Hall–Kier alpha value is -2.90. The van der Waals surface area contributed by atoms with Crippen molar-refractivity contribution in [3.63, 3.8) is 0 Å². The first-order valence-corrected chi connectivity index (χ1v) is 7.51. The van der Waals surface area contributed by atoms with Gasteiger partial charge in [0.1, 0.15) is 0 Å². The van der Waals surface area contributed by atoms with Crippen LogP contribution in [0.25, 0.3) is 0 Å². The van der Waals surface area contributed by atoms with Crippen LogP contribution in [-0.4, -0.2) is 46.6 Å². The summed E-state index contributed by atoms with van der Waals surface area (Å²) in [5.74, 6) is -0.487. The molecule has 0 saturated carbocycles. The highest BCUT2D eigenvalue weighted by molar-refractivity contribution is 5.96. The molecule has 0 aromatic heterocycles. The first-order valence-electron chi connectivity index (χ1n) is 7.51. The van der Waals surface area contributed by atoms with E-state index in [0.29, 0.717) is 0 Å². The van der Waals surface area contributed by atoms with Crippen LogP contribution in [0.2, 0.25) is 0 Å². The number of benzene rings is 1. The largest absolute Gasteiger partial charge is 0.448 e. The Morgan fingerprint density at radius 3 is 2.42 bits per heavy atom. The minimum atomic E-state index is -0.622. The average Bonchev–Trinajstić information content (AvgIpc) is 2.56. The van der Waals surface area contributed by atoms with Crippen molar-refractivity contribution in [2.24, 2.45) is 0 Å². The second-order valence-electron chi connectivity index (χ2n) is 5.49. The molecule has 0 unspecified atom stereocenters. The predicted molar refractivity (Wildman–Crippen MR) is 86.2 cm³/mol. The molecule has 0 aliphatic carbocycles. The van der Waals surface area contributed by atoms with Crippen molar-refractivity contribution in [3.05, 3.63) is 51.1 Å². The number of amides is 2. The van der Waals surface area contributed by atoms with Crippen LogP contribution in [0.3, 0.4) is 0 Å². The smallest absolute Gasteiger partial charge is 0.429 e. The lowest BCUT2D eigenvalue weighted by Gasteiger charge is -2.38. The lowest BCUT2D eigenvalue weighted by Crippen LogP contribution is -2.53. The molecule has 0 atom stereocenters. The zero-order valence-electron chi connectivity index (χ0n) is 13.8. The molecule has 8 nitrogen and oxygen atoms in total. The normalized spacial score (nSPS) is 14.6. The van der Waals surface area contributed by atoms with Gasteiger partial charge in [0.2, 0.25) is 0 Å². The van der Waals surface area contributed by atoms with E-state index in [2.05, 4.69) is 0 Å². The monoisotopic (exact) mass is 333 g/mol. The van der Waals surface area contributed by atoms with Gasteiger partial charge in [-0.05, 0) is 26.8 Å². The van der Waals surface area contributed by atoms with E-state index in [1.165, 1.54) is 34.3 Å². The highest BCUT2D eigenvalue weighted by atomic mass is 16.6. The Morgan fingerprint density at radius 1 is 1.21 bits per heavy atom. The molecular formula is C16H19N3O5. The van der Waals surface area contributed by atoms with Gasteiger partial charge in [-0.15, -0.1) is 0 Å². The van der Waals surface area contributed by atoms with Gasteiger partial charge >= 0.3 is 6.09 Å². The molecule has 1 aromatic carbocycles. The molecule has 0 spiro atoms. The van der Waals surface area contributed by atoms with E-state index in [-0.39, 0.29) is 30.9 Å². The Kier molecular flexibility index (Phi) is 5.18. The summed E-state index contributed by atoms with van der Waals surface area (Å²) in [5, 5.41) is 13.4. The van der Waals surface area contributed by atoms with Gasteiger partial charge in [0.15, 0.2) is 0 Å². The summed E-state index contributed by atoms with van der Waals surface area (Å²) in [6.07, 6.45) is -0.622. The highest BCUT2D eigenvalue weighted by Crippen LogP contribution is 2.22. The molecule has 1 aliphatic rings. The van der Waals surface area contributed by atoms with Gasteiger partial charge in [0.05, 0.1) is 24.6 Å². The van der Waals surface area contributed by atoms with Crippen LogP contribution in [0, 0.1) is 10.1 Å². The van der Waals surface area contributed by atoms with E-state index in [4.69, 9.17) is 4.74 Å². The molecule has 1 heterocycles. The van der Waals surface area contributed by atoms with Gasteiger partial charge in [-0.25, -0.2) is 14.8 Å². The maximum absolute atomic E-state index is 12.8. The Labute approximate surface area is 139 Å². The van der Waals surface area contributed by atoms with Crippen molar-refractivity contribution in [1.29, 1.82) is 0 Å². The maximum atomic E-state index is 12.8. The molecule has 2 rings (SSSR count).